The largest absolute Gasteiger partial charge is 0.481 e. The molecule has 1 fully saturated rings. The molecule has 19 heavy (non-hydrogen) atoms. The van der Waals surface area contributed by atoms with Crippen LogP contribution in [0.1, 0.15) is 26.7 Å². The summed E-state index contributed by atoms with van der Waals surface area (Å²) in [4.78, 5) is 26.5. The van der Waals surface area contributed by atoms with Crippen molar-refractivity contribution < 1.29 is 14.7 Å². The standard InChI is InChI=1S/C13H25N3O3/c1-3-10(2)12(14)13(19)16-8-6-15(7-9-16)5-4-11(17)18/h10,12H,3-9,14H2,1-2H3,(H,17,18)/t10?,12-/m0/s1. The SMILES string of the molecule is CCC(C)[C@H](N)C(=O)N1CCN(CCC(=O)O)CC1. The highest BCUT2D eigenvalue weighted by atomic mass is 16.4. The van der Waals surface area contributed by atoms with Crippen molar-refractivity contribution in [3.05, 3.63) is 0 Å². The molecule has 1 heterocycles. The van der Waals surface area contributed by atoms with E-state index < -0.39 is 12.0 Å². The third-order valence-corrected chi connectivity index (χ3v) is 3.87. The van der Waals surface area contributed by atoms with Crippen LogP contribution in [0.15, 0.2) is 0 Å². The van der Waals surface area contributed by atoms with Gasteiger partial charge in [0.15, 0.2) is 0 Å². The molecule has 0 bridgehead atoms. The number of carboxylic acids is 1. The Bertz CT molecular complexity index is 314. The average Bonchev–Trinajstić information content (AvgIpc) is 2.43. The Morgan fingerprint density at radius 3 is 2.32 bits per heavy atom. The van der Waals surface area contributed by atoms with Gasteiger partial charge in [0, 0.05) is 32.7 Å². The first kappa shape index (κ1) is 15.9. The first-order valence-corrected chi connectivity index (χ1v) is 6.94. The van der Waals surface area contributed by atoms with Gasteiger partial charge in [-0.05, 0) is 5.92 Å². The normalized spacial score (nSPS) is 20.1. The van der Waals surface area contributed by atoms with Gasteiger partial charge in [-0.1, -0.05) is 20.3 Å². The third kappa shape index (κ3) is 4.80. The van der Waals surface area contributed by atoms with E-state index >= 15 is 0 Å². The minimum Gasteiger partial charge on any atom is -0.481 e. The van der Waals surface area contributed by atoms with Crippen molar-refractivity contribution in [1.29, 1.82) is 0 Å². The number of rotatable bonds is 6. The van der Waals surface area contributed by atoms with Gasteiger partial charge in [-0.2, -0.15) is 0 Å². The molecule has 0 aliphatic carbocycles. The summed E-state index contributed by atoms with van der Waals surface area (Å²) in [6.45, 7) is 7.31. The molecular weight excluding hydrogens is 246 g/mol. The van der Waals surface area contributed by atoms with Crippen LogP contribution in [0.4, 0.5) is 0 Å². The second-order valence-corrected chi connectivity index (χ2v) is 5.22. The Morgan fingerprint density at radius 1 is 1.26 bits per heavy atom. The molecule has 6 heteroatoms. The Morgan fingerprint density at radius 2 is 1.84 bits per heavy atom. The summed E-state index contributed by atoms with van der Waals surface area (Å²) in [5.41, 5.74) is 5.95. The van der Waals surface area contributed by atoms with E-state index in [4.69, 9.17) is 10.8 Å². The fraction of sp³-hybridized carbons (Fsp3) is 0.846. The molecule has 1 aliphatic rings. The number of carbonyl (C=O) groups is 2. The summed E-state index contributed by atoms with van der Waals surface area (Å²) < 4.78 is 0. The lowest BCUT2D eigenvalue weighted by Crippen LogP contribution is -2.54. The topological polar surface area (TPSA) is 86.9 Å². The zero-order valence-corrected chi connectivity index (χ0v) is 11.8. The maximum atomic E-state index is 12.2. The number of piperazine rings is 1. The predicted molar refractivity (Wildman–Crippen MR) is 72.7 cm³/mol. The van der Waals surface area contributed by atoms with E-state index in [9.17, 15) is 9.59 Å². The van der Waals surface area contributed by atoms with E-state index in [1.807, 2.05) is 13.8 Å². The smallest absolute Gasteiger partial charge is 0.304 e. The van der Waals surface area contributed by atoms with Crippen LogP contribution in [-0.4, -0.2) is 65.5 Å². The molecule has 0 spiro atoms. The second-order valence-electron chi connectivity index (χ2n) is 5.22. The number of aliphatic carboxylic acids is 1. The molecule has 110 valence electrons. The first-order valence-electron chi connectivity index (χ1n) is 6.94. The summed E-state index contributed by atoms with van der Waals surface area (Å²) in [6, 6.07) is -0.421. The molecule has 1 rings (SSSR count). The van der Waals surface area contributed by atoms with E-state index in [-0.39, 0.29) is 18.2 Å². The van der Waals surface area contributed by atoms with Gasteiger partial charge in [0.2, 0.25) is 5.91 Å². The number of hydrogen-bond donors (Lipinski definition) is 2. The molecule has 1 saturated heterocycles. The van der Waals surface area contributed by atoms with Crippen LogP contribution in [0, 0.1) is 5.92 Å². The molecule has 0 aromatic carbocycles. The van der Waals surface area contributed by atoms with Crippen molar-refractivity contribution in [2.24, 2.45) is 11.7 Å². The lowest BCUT2D eigenvalue weighted by Gasteiger charge is -2.36. The number of carboxylic acid groups (broad SMARTS) is 1. The first-order chi connectivity index (χ1) is 8.95. The van der Waals surface area contributed by atoms with Gasteiger partial charge in [-0.25, -0.2) is 0 Å². The van der Waals surface area contributed by atoms with Crippen molar-refractivity contribution in [3.8, 4) is 0 Å². The third-order valence-electron chi connectivity index (χ3n) is 3.87. The molecule has 0 radical (unpaired) electrons. The highest BCUT2D eigenvalue weighted by Crippen LogP contribution is 2.11. The number of nitrogens with zero attached hydrogens (tertiary/aromatic N) is 2. The maximum absolute atomic E-state index is 12.2. The lowest BCUT2D eigenvalue weighted by atomic mass is 9.98. The van der Waals surface area contributed by atoms with Gasteiger partial charge in [0.05, 0.1) is 12.5 Å². The zero-order valence-electron chi connectivity index (χ0n) is 11.8. The number of hydrogen-bond acceptors (Lipinski definition) is 4. The molecule has 6 nitrogen and oxygen atoms in total. The van der Waals surface area contributed by atoms with Crippen molar-refractivity contribution in [3.63, 3.8) is 0 Å². The quantitative estimate of drug-likeness (QED) is 0.709. The Kier molecular flexibility index (Phi) is 6.24. The fourth-order valence-electron chi connectivity index (χ4n) is 2.15. The van der Waals surface area contributed by atoms with E-state index in [0.717, 1.165) is 19.5 Å². The molecule has 3 N–H and O–H groups in total. The maximum Gasteiger partial charge on any atom is 0.304 e. The van der Waals surface area contributed by atoms with Gasteiger partial charge < -0.3 is 15.7 Å². The van der Waals surface area contributed by atoms with Crippen LogP contribution < -0.4 is 5.73 Å². The molecule has 0 saturated carbocycles. The number of amides is 1. The second kappa shape index (κ2) is 7.45. The molecular formula is C13H25N3O3. The van der Waals surface area contributed by atoms with E-state index in [0.29, 0.717) is 19.6 Å². The Balaban J connectivity index is 2.36. The van der Waals surface area contributed by atoms with Crippen LogP contribution >= 0.6 is 0 Å². The van der Waals surface area contributed by atoms with Gasteiger partial charge in [-0.3, -0.25) is 14.5 Å². The summed E-state index contributed by atoms with van der Waals surface area (Å²) in [7, 11) is 0. The predicted octanol–water partition coefficient (Wildman–Crippen LogP) is -0.0213. The molecule has 0 aromatic rings. The molecule has 1 aliphatic heterocycles. The van der Waals surface area contributed by atoms with Gasteiger partial charge in [0.1, 0.15) is 0 Å². The molecule has 0 aromatic heterocycles. The fourth-order valence-corrected chi connectivity index (χ4v) is 2.15. The van der Waals surface area contributed by atoms with Crippen molar-refractivity contribution >= 4 is 11.9 Å². The van der Waals surface area contributed by atoms with E-state index in [2.05, 4.69) is 4.90 Å². The molecule has 1 unspecified atom stereocenters. The van der Waals surface area contributed by atoms with E-state index in [1.54, 1.807) is 4.90 Å². The van der Waals surface area contributed by atoms with Crippen molar-refractivity contribution in [2.45, 2.75) is 32.7 Å². The van der Waals surface area contributed by atoms with Crippen LogP contribution in [0.5, 0.6) is 0 Å². The Hall–Kier alpha value is -1.14. The minimum absolute atomic E-state index is 0.0206. The summed E-state index contributed by atoms with van der Waals surface area (Å²) in [5.74, 6) is -0.568. The number of carbonyl (C=O) groups excluding carboxylic acids is 1. The zero-order chi connectivity index (χ0) is 14.4. The van der Waals surface area contributed by atoms with Gasteiger partial charge in [-0.15, -0.1) is 0 Å². The highest BCUT2D eigenvalue weighted by Gasteiger charge is 2.27. The minimum atomic E-state index is -0.780. The van der Waals surface area contributed by atoms with Crippen molar-refractivity contribution in [1.82, 2.24) is 9.80 Å². The van der Waals surface area contributed by atoms with Crippen LogP contribution in [0.25, 0.3) is 0 Å². The monoisotopic (exact) mass is 271 g/mol. The average molecular weight is 271 g/mol. The summed E-state index contributed by atoms with van der Waals surface area (Å²) in [6.07, 6.45) is 1.05. The lowest BCUT2D eigenvalue weighted by molar-refractivity contribution is -0.139. The molecule has 2 atom stereocenters. The Labute approximate surface area is 114 Å². The van der Waals surface area contributed by atoms with Gasteiger partial charge >= 0.3 is 5.97 Å². The van der Waals surface area contributed by atoms with E-state index in [1.165, 1.54) is 0 Å². The van der Waals surface area contributed by atoms with Gasteiger partial charge in [0.25, 0.3) is 0 Å². The molecule has 1 amide bonds. The van der Waals surface area contributed by atoms with Crippen LogP contribution in [-0.2, 0) is 9.59 Å². The summed E-state index contributed by atoms with van der Waals surface area (Å²) >= 11 is 0. The van der Waals surface area contributed by atoms with Crippen LogP contribution in [0.2, 0.25) is 0 Å². The van der Waals surface area contributed by atoms with Crippen LogP contribution in [0.3, 0.4) is 0 Å². The summed E-state index contributed by atoms with van der Waals surface area (Å²) in [5, 5.41) is 8.64. The number of nitrogens with two attached hydrogens (primary N) is 1. The van der Waals surface area contributed by atoms with Crippen molar-refractivity contribution in [2.75, 3.05) is 32.7 Å². The highest BCUT2D eigenvalue weighted by molar-refractivity contribution is 5.82.